The molecule has 0 aromatic carbocycles. The van der Waals surface area contributed by atoms with Crippen LogP contribution in [-0.4, -0.2) is 243 Å². The smallest absolute Gasteiger partial charge is 0.160 e. The molecule has 0 radical (unpaired) electrons. The summed E-state index contributed by atoms with van der Waals surface area (Å²) in [5.41, 5.74) is 0. The normalized spacial score (nSPS) is 11.3. The first-order chi connectivity index (χ1) is 57.3. The number of ether oxygens (including phenoxy) is 12. The van der Waals surface area contributed by atoms with E-state index in [9.17, 15) is 38.4 Å². The molecule has 732 valence electrons. The third-order valence-electron chi connectivity index (χ3n) is 17.9. The standard InChI is InChI=1S/C16H32O4.C15H30O4.C13H27NO3.C12H25NO3.C12H24O2.C11H22O2.C11H22O.C9H19NO/c1-14(2)6-5-8-18-10-12-20-13-11-19-9-7-16(17)15(3)4;1-13(2)6-5-7-17-8-9-18-10-11-19-12-15(16)14(3)4;1-11(2)13(15)5-7-16-9-10-17-8-6-14-12(3)4;1-10(2)12(14)9-16-8-7-15-6-5-13-11(3)4;1-10(2)6-5-8-14-9-7-12(13)11(3)4;1-9(2)6-5-7-13-8-11(12)10(3)4;1-9(2)7-5-6-8-11(12)10(3)4;1-7(2)9(11)5-6-10-8(3)4/h14-15H,5-13H2,1-4H3;13-14H,5-12H2,1-4H3;11-12,14H,5-10H2,1-4H3;10-11,13H,5-9H2,1-4H3;10-11H,5-9H2,1-4H3;9-10H,5-8H2,1-4H3;9-10H,5-8H2,1-4H3;7-8,10H,5-6H2,1-4H3. The molecule has 23 heteroatoms. The number of Topliss-reactive ketones (excluding diaryl/α,β-unsaturated/α-hetero) is 8. The van der Waals surface area contributed by atoms with Crippen LogP contribution in [0.5, 0.6) is 0 Å². The van der Waals surface area contributed by atoms with E-state index >= 15 is 0 Å². The van der Waals surface area contributed by atoms with Crippen LogP contribution in [0.25, 0.3) is 0 Å². The average molecular weight is 1750 g/mol. The minimum absolute atomic E-state index is 0.0418. The number of nitrogens with one attached hydrogen (secondary N) is 3. The van der Waals surface area contributed by atoms with E-state index in [-0.39, 0.29) is 96.1 Å². The minimum atomic E-state index is 0.0418. The zero-order chi connectivity index (χ0) is 94.9. The van der Waals surface area contributed by atoms with Gasteiger partial charge >= 0.3 is 0 Å². The first-order valence-corrected chi connectivity index (χ1v) is 47.6. The van der Waals surface area contributed by atoms with Crippen molar-refractivity contribution in [3.63, 3.8) is 0 Å². The highest BCUT2D eigenvalue weighted by Gasteiger charge is 2.13. The lowest BCUT2D eigenvalue weighted by Gasteiger charge is -2.09. The lowest BCUT2D eigenvalue weighted by molar-refractivity contribution is -0.127. The Kier molecular flexibility index (Phi) is 110. The van der Waals surface area contributed by atoms with Gasteiger partial charge in [-0.05, 0) is 87.4 Å². The molecule has 0 unspecified atom stereocenters. The molecule has 0 aliphatic carbocycles. The molecule has 122 heavy (non-hydrogen) atoms. The van der Waals surface area contributed by atoms with Gasteiger partial charge < -0.3 is 72.8 Å². The van der Waals surface area contributed by atoms with E-state index in [0.717, 1.165) is 114 Å². The molecule has 0 fully saturated rings. The van der Waals surface area contributed by atoms with Crippen LogP contribution >= 0.6 is 0 Å². The molecule has 0 rings (SSSR count). The van der Waals surface area contributed by atoms with Crippen molar-refractivity contribution < 1.29 is 95.2 Å². The highest BCUT2D eigenvalue weighted by Crippen LogP contribution is 2.12. The Labute approximate surface area is 751 Å². The lowest BCUT2D eigenvalue weighted by atomic mass is 10.0. The number of rotatable bonds is 74. The Morgan fingerprint density at radius 1 is 0.172 bits per heavy atom. The van der Waals surface area contributed by atoms with Crippen molar-refractivity contribution in [1.29, 1.82) is 0 Å². The van der Waals surface area contributed by atoms with Gasteiger partial charge in [-0.2, -0.15) is 0 Å². The van der Waals surface area contributed by atoms with Crippen molar-refractivity contribution in [2.45, 2.75) is 342 Å². The second-order valence-corrected chi connectivity index (χ2v) is 36.7. The third kappa shape index (κ3) is 128. The van der Waals surface area contributed by atoms with Crippen LogP contribution in [0.15, 0.2) is 0 Å². The van der Waals surface area contributed by atoms with Crippen LogP contribution in [-0.2, 0) is 95.2 Å². The lowest BCUT2D eigenvalue weighted by Crippen LogP contribution is -2.27. The summed E-state index contributed by atoms with van der Waals surface area (Å²) in [5.74, 6) is 6.74. The number of hydrogen-bond acceptors (Lipinski definition) is 23. The summed E-state index contributed by atoms with van der Waals surface area (Å²) < 4.78 is 64.0. The third-order valence-corrected chi connectivity index (χ3v) is 17.9. The van der Waals surface area contributed by atoms with Gasteiger partial charge in [-0.15, -0.1) is 0 Å². The molecular formula is C99H201N3O20. The second kappa shape index (κ2) is 99.9. The van der Waals surface area contributed by atoms with Crippen molar-refractivity contribution in [3.05, 3.63) is 0 Å². The van der Waals surface area contributed by atoms with Crippen LogP contribution < -0.4 is 16.0 Å². The first kappa shape index (κ1) is 134. The second-order valence-electron chi connectivity index (χ2n) is 36.7. The summed E-state index contributed by atoms with van der Waals surface area (Å²) in [6.45, 7) is 81.4. The van der Waals surface area contributed by atoms with Gasteiger partial charge in [-0.25, -0.2) is 0 Å². The van der Waals surface area contributed by atoms with Crippen LogP contribution in [0.2, 0.25) is 0 Å². The average Bonchev–Trinajstić information content (AvgIpc) is 1.05. The van der Waals surface area contributed by atoms with Crippen molar-refractivity contribution in [2.75, 3.05) is 178 Å². The SMILES string of the molecule is CC(C)CCCCC(=O)C(C)C.CC(C)CCCOCC(=O)C(C)C.CC(C)CCCOCCC(=O)C(C)C.CC(C)CCCOCCOCCOCC(=O)C(C)C.CC(C)CCCOCCOCCOCCC(=O)C(C)C.CC(C)NCCC(=O)C(C)C.CC(C)NCCOCCOCC(=O)C(C)C.CC(C)NCCOCCOCCC(=O)C(C)C. The molecule has 0 spiro atoms. The Morgan fingerprint density at radius 3 is 0.598 bits per heavy atom. The molecule has 3 N–H and O–H groups in total. The molecule has 0 saturated carbocycles. The maximum absolute atomic E-state index is 11.3. The van der Waals surface area contributed by atoms with Crippen LogP contribution in [0.1, 0.15) is 324 Å². The number of carbonyl (C=O) groups is 8. The van der Waals surface area contributed by atoms with E-state index < -0.39 is 0 Å². The Bertz CT molecular complexity index is 2270. The Balaban J connectivity index is -0.000000204. The Morgan fingerprint density at radius 2 is 0.352 bits per heavy atom. The molecule has 0 bridgehead atoms. The van der Waals surface area contributed by atoms with Gasteiger partial charge in [0.1, 0.15) is 48.7 Å². The maximum Gasteiger partial charge on any atom is 0.160 e. The summed E-state index contributed by atoms with van der Waals surface area (Å²) in [7, 11) is 0. The quantitative estimate of drug-likeness (QED) is 0.0477. The predicted octanol–water partition coefficient (Wildman–Crippen LogP) is 19.4. The molecule has 0 amide bonds. The van der Waals surface area contributed by atoms with Gasteiger partial charge in [0.15, 0.2) is 17.3 Å². The zero-order valence-corrected chi connectivity index (χ0v) is 85.3. The highest BCUT2D eigenvalue weighted by atomic mass is 16.6. The van der Waals surface area contributed by atoms with Crippen LogP contribution in [0, 0.1) is 76.9 Å². The van der Waals surface area contributed by atoms with E-state index in [1.54, 1.807) is 0 Å². The fourth-order valence-electron chi connectivity index (χ4n) is 9.16. The molecule has 0 heterocycles. The number of unbranched alkanes of at least 4 members (excludes halogenated alkanes) is 1. The minimum Gasteiger partial charge on any atom is -0.381 e. The highest BCUT2D eigenvalue weighted by molar-refractivity contribution is 5.83. The zero-order valence-electron chi connectivity index (χ0n) is 85.3. The van der Waals surface area contributed by atoms with Gasteiger partial charge in [0, 0.05) is 144 Å². The molecule has 0 atom stereocenters. The van der Waals surface area contributed by atoms with Gasteiger partial charge in [0.05, 0.1) is 112 Å². The summed E-state index contributed by atoms with van der Waals surface area (Å²) >= 11 is 0. The van der Waals surface area contributed by atoms with E-state index in [1.807, 2.05) is 111 Å². The van der Waals surface area contributed by atoms with E-state index in [2.05, 4.69) is 127 Å². The molecule has 0 saturated heterocycles. The Hall–Kier alpha value is -3.24. The van der Waals surface area contributed by atoms with E-state index in [0.29, 0.717) is 173 Å². The predicted molar refractivity (Wildman–Crippen MR) is 506 cm³/mol. The number of ketones is 8. The summed E-state index contributed by atoms with van der Waals surface area (Å²) in [6, 6.07) is 1.47. The number of carbonyl (C=O) groups excluding carboxylic acids is 8. The molecule has 0 aliphatic heterocycles. The van der Waals surface area contributed by atoms with E-state index in [4.69, 9.17) is 56.8 Å². The molecule has 23 nitrogen and oxygen atoms in total. The topological polar surface area (TPSA) is 283 Å². The summed E-state index contributed by atoms with van der Waals surface area (Å²) in [5, 5.41) is 9.72. The van der Waals surface area contributed by atoms with Gasteiger partial charge in [-0.1, -0.05) is 234 Å². The fraction of sp³-hybridized carbons (Fsp3) is 0.919. The van der Waals surface area contributed by atoms with Crippen molar-refractivity contribution in [1.82, 2.24) is 16.0 Å². The molecule has 0 aromatic heterocycles. The first-order valence-electron chi connectivity index (χ1n) is 47.6. The monoisotopic (exact) mass is 1750 g/mol. The molecule has 0 aromatic rings. The van der Waals surface area contributed by atoms with Crippen molar-refractivity contribution in [2.24, 2.45) is 76.9 Å². The summed E-state index contributed by atoms with van der Waals surface area (Å²) in [4.78, 5) is 89.6. The van der Waals surface area contributed by atoms with Gasteiger partial charge in [-0.3, -0.25) is 38.4 Å². The van der Waals surface area contributed by atoms with Crippen LogP contribution in [0.3, 0.4) is 0 Å². The van der Waals surface area contributed by atoms with Gasteiger partial charge in [0.25, 0.3) is 0 Å². The largest absolute Gasteiger partial charge is 0.381 e. The van der Waals surface area contributed by atoms with Crippen molar-refractivity contribution in [3.8, 4) is 0 Å². The number of hydrogen-bond donors (Lipinski definition) is 3. The molecule has 0 aliphatic rings. The fourth-order valence-corrected chi connectivity index (χ4v) is 9.16. The van der Waals surface area contributed by atoms with Gasteiger partial charge in [0.2, 0.25) is 0 Å². The van der Waals surface area contributed by atoms with Crippen LogP contribution in [0.4, 0.5) is 0 Å². The van der Waals surface area contributed by atoms with Crippen molar-refractivity contribution >= 4 is 46.3 Å². The maximum atomic E-state index is 11.3. The molecular weight excluding hydrogens is 1550 g/mol. The summed E-state index contributed by atoms with van der Waals surface area (Å²) in [6.07, 6.45) is 15.7. The van der Waals surface area contributed by atoms with E-state index in [1.165, 1.54) is 38.5 Å².